The number of nitrogens with zero attached hydrogens (tertiary/aromatic N) is 4. The van der Waals surface area contributed by atoms with Crippen LogP contribution < -0.4 is 5.32 Å². The van der Waals surface area contributed by atoms with E-state index in [1.807, 2.05) is 33.5 Å². The Labute approximate surface area is 136 Å². The van der Waals surface area contributed by atoms with E-state index in [0.717, 1.165) is 17.7 Å². The quantitative estimate of drug-likeness (QED) is 0.626. The summed E-state index contributed by atoms with van der Waals surface area (Å²) in [5.41, 5.74) is 2.29. The third-order valence-corrected chi connectivity index (χ3v) is 3.95. The number of aromatic nitrogens is 2. The van der Waals surface area contributed by atoms with E-state index in [0.29, 0.717) is 0 Å². The molecule has 0 aliphatic heterocycles. The third kappa shape index (κ3) is 4.37. The lowest BCUT2D eigenvalue weighted by molar-refractivity contribution is -0.384. The summed E-state index contributed by atoms with van der Waals surface area (Å²) in [7, 11) is 5.98. The zero-order valence-corrected chi connectivity index (χ0v) is 13.9. The van der Waals surface area contributed by atoms with E-state index in [9.17, 15) is 10.1 Å². The van der Waals surface area contributed by atoms with Gasteiger partial charge in [-0.15, -0.1) is 0 Å². The molecule has 0 saturated heterocycles. The molecule has 1 aromatic carbocycles. The summed E-state index contributed by atoms with van der Waals surface area (Å²) in [5, 5.41) is 18.4. The van der Waals surface area contributed by atoms with Gasteiger partial charge in [-0.3, -0.25) is 14.8 Å². The average Bonchev–Trinajstić information content (AvgIpc) is 2.93. The minimum Gasteiger partial charge on any atom is -0.308 e. The molecule has 0 spiro atoms. The molecule has 0 radical (unpaired) electrons. The molecule has 0 amide bonds. The van der Waals surface area contributed by atoms with Gasteiger partial charge in [-0.1, -0.05) is 12.1 Å². The first-order chi connectivity index (χ1) is 10.9. The van der Waals surface area contributed by atoms with Gasteiger partial charge in [-0.2, -0.15) is 5.10 Å². The van der Waals surface area contributed by atoms with Gasteiger partial charge in [0.05, 0.1) is 11.1 Å². The molecule has 2 rings (SSSR count). The number of nitro groups is 1. The van der Waals surface area contributed by atoms with Crippen LogP contribution in [-0.2, 0) is 7.05 Å². The summed E-state index contributed by atoms with van der Waals surface area (Å²) < 4.78 is 1.80. The highest BCUT2D eigenvalue weighted by atomic mass is 16.6. The minimum atomic E-state index is -0.383. The fourth-order valence-electron chi connectivity index (χ4n) is 2.50. The van der Waals surface area contributed by atoms with Crippen LogP contribution in [0.25, 0.3) is 0 Å². The predicted octanol–water partition coefficient (Wildman–Crippen LogP) is 2.28. The Morgan fingerprint density at radius 2 is 1.96 bits per heavy atom. The van der Waals surface area contributed by atoms with Crippen molar-refractivity contribution in [1.82, 2.24) is 20.0 Å². The van der Waals surface area contributed by atoms with Crippen molar-refractivity contribution in [2.24, 2.45) is 7.05 Å². The number of aryl methyl sites for hydroxylation is 1. The number of likely N-dealkylation sites (N-methyl/N-ethyl adjacent to an activating group) is 1. The summed E-state index contributed by atoms with van der Waals surface area (Å²) in [6.07, 6.45) is 3.89. The first-order valence-corrected chi connectivity index (χ1v) is 7.51. The van der Waals surface area contributed by atoms with Gasteiger partial charge in [-0.25, -0.2) is 0 Å². The van der Waals surface area contributed by atoms with Gasteiger partial charge in [0.2, 0.25) is 0 Å². The molecule has 2 unspecified atom stereocenters. The minimum absolute atomic E-state index is 0.106. The number of nitrogens with one attached hydrogen (secondary N) is 1. The van der Waals surface area contributed by atoms with Crippen LogP contribution >= 0.6 is 0 Å². The lowest BCUT2D eigenvalue weighted by Gasteiger charge is -2.25. The molecule has 0 fully saturated rings. The predicted molar refractivity (Wildman–Crippen MR) is 89.2 cm³/mol. The van der Waals surface area contributed by atoms with Gasteiger partial charge in [0, 0.05) is 49.6 Å². The summed E-state index contributed by atoms with van der Waals surface area (Å²) in [5.74, 6) is 0. The Hall–Kier alpha value is -2.25. The molecule has 1 aromatic heterocycles. The Morgan fingerprint density at radius 3 is 2.43 bits per heavy atom. The fraction of sp³-hybridized carbons (Fsp3) is 0.438. The zero-order chi connectivity index (χ0) is 17.0. The second kappa shape index (κ2) is 7.34. The van der Waals surface area contributed by atoms with E-state index in [2.05, 4.69) is 22.2 Å². The molecule has 7 nitrogen and oxygen atoms in total. The molecule has 23 heavy (non-hydrogen) atoms. The lowest BCUT2D eigenvalue weighted by Crippen LogP contribution is -2.32. The van der Waals surface area contributed by atoms with Gasteiger partial charge in [0.25, 0.3) is 5.69 Å². The number of hydrogen-bond acceptors (Lipinski definition) is 5. The Balaban J connectivity index is 2.01. The van der Waals surface area contributed by atoms with E-state index in [1.165, 1.54) is 12.1 Å². The maximum atomic E-state index is 10.7. The number of rotatable bonds is 7. The normalized spacial score (nSPS) is 14.0. The van der Waals surface area contributed by atoms with Crippen LogP contribution in [0, 0.1) is 10.1 Å². The molecule has 124 valence electrons. The second-order valence-corrected chi connectivity index (χ2v) is 5.91. The van der Waals surface area contributed by atoms with Crippen LogP contribution in [0.2, 0.25) is 0 Å². The highest BCUT2D eigenvalue weighted by molar-refractivity contribution is 5.34. The monoisotopic (exact) mass is 317 g/mol. The van der Waals surface area contributed by atoms with Crippen molar-refractivity contribution < 1.29 is 4.92 Å². The van der Waals surface area contributed by atoms with E-state index >= 15 is 0 Å². The molecule has 0 aliphatic rings. The highest BCUT2D eigenvalue weighted by Crippen LogP contribution is 2.20. The molecule has 0 aliphatic carbocycles. The average molecular weight is 317 g/mol. The molecular weight excluding hydrogens is 294 g/mol. The van der Waals surface area contributed by atoms with E-state index in [4.69, 9.17) is 0 Å². The number of hydrogen-bond donors (Lipinski definition) is 1. The molecular formula is C16H23N5O2. The van der Waals surface area contributed by atoms with Gasteiger partial charge in [0.1, 0.15) is 0 Å². The molecule has 0 bridgehead atoms. The maximum absolute atomic E-state index is 10.7. The summed E-state index contributed by atoms with van der Waals surface area (Å²) in [4.78, 5) is 12.5. The van der Waals surface area contributed by atoms with Gasteiger partial charge in [-0.05, 0) is 26.6 Å². The van der Waals surface area contributed by atoms with Crippen molar-refractivity contribution in [2.75, 3.05) is 20.6 Å². The van der Waals surface area contributed by atoms with Crippen LogP contribution in [0.5, 0.6) is 0 Å². The Morgan fingerprint density at radius 1 is 1.30 bits per heavy atom. The van der Waals surface area contributed by atoms with Crippen molar-refractivity contribution in [2.45, 2.75) is 19.0 Å². The Bertz CT molecular complexity index is 651. The molecule has 1 heterocycles. The van der Waals surface area contributed by atoms with Crippen molar-refractivity contribution in [3.63, 3.8) is 0 Å². The van der Waals surface area contributed by atoms with E-state index in [-0.39, 0.29) is 22.7 Å². The van der Waals surface area contributed by atoms with Crippen LogP contribution in [0.15, 0.2) is 36.7 Å². The molecule has 0 saturated carbocycles. The van der Waals surface area contributed by atoms with Crippen molar-refractivity contribution in [3.05, 3.63) is 57.9 Å². The van der Waals surface area contributed by atoms with Crippen molar-refractivity contribution in [1.29, 1.82) is 0 Å². The first-order valence-electron chi connectivity index (χ1n) is 7.51. The van der Waals surface area contributed by atoms with E-state index < -0.39 is 0 Å². The van der Waals surface area contributed by atoms with Crippen LogP contribution in [0.4, 0.5) is 5.69 Å². The molecule has 1 N–H and O–H groups in total. The third-order valence-electron chi connectivity index (χ3n) is 3.95. The topological polar surface area (TPSA) is 76.2 Å². The van der Waals surface area contributed by atoms with Gasteiger partial charge in [0.15, 0.2) is 0 Å². The summed E-state index contributed by atoms with van der Waals surface area (Å²) >= 11 is 0. The van der Waals surface area contributed by atoms with Crippen molar-refractivity contribution >= 4 is 5.69 Å². The second-order valence-electron chi connectivity index (χ2n) is 5.91. The van der Waals surface area contributed by atoms with Crippen LogP contribution in [-0.4, -0.2) is 40.2 Å². The number of nitro benzene ring substituents is 1. The van der Waals surface area contributed by atoms with Crippen LogP contribution in [0.3, 0.4) is 0 Å². The zero-order valence-electron chi connectivity index (χ0n) is 13.9. The molecule has 2 aromatic rings. The smallest absolute Gasteiger partial charge is 0.269 e. The molecule has 7 heteroatoms. The van der Waals surface area contributed by atoms with Crippen molar-refractivity contribution in [3.8, 4) is 0 Å². The van der Waals surface area contributed by atoms with Gasteiger partial charge < -0.3 is 10.2 Å². The lowest BCUT2D eigenvalue weighted by atomic mass is 10.1. The standard InChI is InChI=1S/C16H23N5O2/c1-12(13-5-7-15(8-6-13)21(22)23)17-10-16(19(2)3)14-9-18-20(4)11-14/h5-9,11-12,16-17H,10H2,1-4H3. The van der Waals surface area contributed by atoms with Gasteiger partial charge >= 0.3 is 0 Å². The maximum Gasteiger partial charge on any atom is 0.269 e. The largest absolute Gasteiger partial charge is 0.308 e. The summed E-state index contributed by atoms with van der Waals surface area (Å²) in [6.45, 7) is 2.81. The highest BCUT2D eigenvalue weighted by Gasteiger charge is 2.17. The fourth-order valence-corrected chi connectivity index (χ4v) is 2.50. The summed E-state index contributed by atoms with van der Waals surface area (Å²) in [6, 6.07) is 6.99. The van der Waals surface area contributed by atoms with Crippen LogP contribution in [0.1, 0.15) is 30.1 Å². The number of non-ortho nitro benzene ring substituents is 1. The molecule has 2 atom stereocenters. The number of benzene rings is 1. The SMILES string of the molecule is CC(NCC(c1cnn(C)c1)N(C)C)c1ccc([N+](=O)[O-])cc1. The van der Waals surface area contributed by atoms with E-state index in [1.54, 1.807) is 16.8 Å². The Kier molecular flexibility index (Phi) is 5.46. The first kappa shape index (κ1) is 17.1.